The summed E-state index contributed by atoms with van der Waals surface area (Å²) in [7, 11) is 2.21. The number of hydrogen-bond donors (Lipinski definition) is 0. The fourth-order valence-corrected chi connectivity index (χ4v) is 4.51. The number of hydrogen-bond acceptors (Lipinski definition) is 3. The molecule has 3 heterocycles. The first-order valence-corrected chi connectivity index (χ1v) is 11.1. The number of para-hydroxylation sites is 2. The molecule has 0 aliphatic carbocycles. The lowest BCUT2D eigenvalue weighted by Gasteiger charge is -2.32. The molecule has 1 aliphatic heterocycles. The minimum atomic E-state index is 0. The van der Waals surface area contributed by atoms with Gasteiger partial charge in [-0.2, -0.15) is 0 Å². The molecular formula is C23H28BrCl2N5. The predicted molar refractivity (Wildman–Crippen MR) is 137 cm³/mol. The Morgan fingerprint density at radius 1 is 0.903 bits per heavy atom. The van der Waals surface area contributed by atoms with E-state index in [-0.39, 0.29) is 24.8 Å². The van der Waals surface area contributed by atoms with E-state index in [1.165, 1.54) is 43.0 Å². The van der Waals surface area contributed by atoms with Crippen molar-refractivity contribution < 1.29 is 0 Å². The van der Waals surface area contributed by atoms with Gasteiger partial charge in [0.15, 0.2) is 0 Å². The first-order valence-electron chi connectivity index (χ1n) is 10.3. The molecular weight excluding hydrogens is 497 g/mol. The third-order valence-electron chi connectivity index (χ3n) is 5.95. The summed E-state index contributed by atoms with van der Waals surface area (Å²) in [5, 5.41) is 0. The van der Waals surface area contributed by atoms with Gasteiger partial charge in [0.05, 0.1) is 16.7 Å². The molecule has 0 saturated carbocycles. The van der Waals surface area contributed by atoms with Gasteiger partial charge in [0.2, 0.25) is 5.78 Å². The molecule has 0 spiro atoms. The monoisotopic (exact) mass is 523 g/mol. The van der Waals surface area contributed by atoms with Crippen molar-refractivity contribution in [1.29, 1.82) is 0 Å². The first-order chi connectivity index (χ1) is 14.2. The lowest BCUT2D eigenvalue weighted by molar-refractivity contribution is 0.151. The van der Waals surface area contributed by atoms with Crippen molar-refractivity contribution in [1.82, 2.24) is 23.8 Å². The summed E-state index contributed by atoms with van der Waals surface area (Å²) in [6.07, 6.45) is 3.37. The maximum Gasteiger partial charge on any atom is 0.215 e. The number of halogens is 3. The first kappa shape index (κ1) is 24.1. The van der Waals surface area contributed by atoms with Crippen LogP contribution in [0.2, 0.25) is 0 Å². The molecule has 1 aliphatic rings. The quantitative estimate of drug-likeness (QED) is 0.359. The van der Waals surface area contributed by atoms with Gasteiger partial charge in [0, 0.05) is 43.4 Å². The van der Waals surface area contributed by atoms with Crippen LogP contribution in [0, 0.1) is 0 Å². The molecule has 166 valence electrons. The second kappa shape index (κ2) is 10.4. The Morgan fingerprint density at radius 2 is 1.61 bits per heavy atom. The molecule has 31 heavy (non-hydrogen) atoms. The summed E-state index contributed by atoms with van der Waals surface area (Å²) >= 11 is 3.55. The van der Waals surface area contributed by atoms with E-state index < -0.39 is 0 Å². The molecule has 4 aromatic rings. The topological polar surface area (TPSA) is 28.7 Å². The van der Waals surface area contributed by atoms with Crippen molar-refractivity contribution in [3.63, 3.8) is 0 Å². The van der Waals surface area contributed by atoms with E-state index in [9.17, 15) is 0 Å². The molecule has 0 N–H and O–H groups in total. The highest BCUT2D eigenvalue weighted by atomic mass is 79.9. The van der Waals surface area contributed by atoms with Crippen LogP contribution in [-0.2, 0) is 6.54 Å². The zero-order valence-electron chi connectivity index (χ0n) is 17.6. The van der Waals surface area contributed by atoms with Crippen molar-refractivity contribution in [2.45, 2.75) is 13.0 Å². The second-order valence-electron chi connectivity index (χ2n) is 7.94. The molecule has 8 heteroatoms. The van der Waals surface area contributed by atoms with E-state index in [2.05, 4.69) is 96.5 Å². The van der Waals surface area contributed by atoms with Crippen molar-refractivity contribution in [2.75, 3.05) is 39.8 Å². The molecule has 0 unspecified atom stereocenters. The number of aromatic nitrogens is 3. The third kappa shape index (κ3) is 4.94. The van der Waals surface area contributed by atoms with Crippen molar-refractivity contribution >= 4 is 57.6 Å². The van der Waals surface area contributed by atoms with Gasteiger partial charge in [-0.3, -0.25) is 4.40 Å². The van der Waals surface area contributed by atoms with E-state index in [0.29, 0.717) is 0 Å². The highest BCUT2D eigenvalue weighted by Crippen LogP contribution is 2.28. The van der Waals surface area contributed by atoms with Crippen molar-refractivity contribution in [3.8, 4) is 11.3 Å². The van der Waals surface area contributed by atoms with E-state index in [1.54, 1.807) is 0 Å². The number of benzene rings is 2. The second-order valence-corrected chi connectivity index (χ2v) is 8.86. The molecule has 0 amide bonds. The summed E-state index contributed by atoms with van der Waals surface area (Å²) in [6, 6.07) is 17.0. The number of likely N-dealkylation sites (N-methyl/N-ethyl adjacent to an activating group) is 1. The number of rotatable bonds is 5. The van der Waals surface area contributed by atoms with Gasteiger partial charge in [-0.25, -0.2) is 4.98 Å². The predicted octanol–water partition coefficient (Wildman–Crippen LogP) is 5.20. The lowest BCUT2D eigenvalue weighted by atomic mass is 10.1. The molecule has 0 radical (unpaired) electrons. The van der Waals surface area contributed by atoms with Crippen LogP contribution in [0.25, 0.3) is 28.1 Å². The Bertz CT molecular complexity index is 1130. The van der Waals surface area contributed by atoms with E-state index in [4.69, 9.17) is 4.98 Å². The van der Waals surface area contributed by atoms with Gasteiger partial charge in [0.1, 0.15) is 0 Å². The average molecular weight is 525 g/mol. The minimum Gasteiger partial charge on any atom is -0.310 e. The summed E-state index contributed by atoms with van der Waals surface area (Å²) < 4.78 is 5.73. The Hall–Kier alpha value is -1.57. The highest BCUT2D eigenvalue weighted by molar-refractivity contribution is 9.10. The third-order valence-corrected chi connectivity index (χ3v) is 6.48. The van der Waals surface area contributed by atoms with Crippen molar-refractivity contribution in [2.24, 2.45) is 0 Å². The van der Waals surface area contributed by atoms with Crippen LogP contribution >= 0.6 is 40.7 Å². The number of nitrogens with zero attached hydrogens (tertiary/aromatic N) is 5. The minimum absolute atomic E-state index is 0. The van der Waals surface area contributed by atoms with Crippen molar-refractivity contribution in [3.05, 3.63) is 59.2 Å². The van der Waals surface area contributed by atoms with Crippen LogP contribution in [-0.4, -0.2) is 63.5 Å². The smallest absolute Gasteiger partial charge is 0.215 e. The highest BCUT2D eigenvalue weighted by Gasteiger charge is 2.17. The van der Waals surface area contributed by atoms with E-state index in [1.807, 2.05) is 0 Å². The number of aryl methyl sites for hydroxylation is 1. The summed E-state index contributed by atoms with van der Waals surface area (Å²) in [6.45, 7) is 6.79. The SMILES string of the molecule is CN1CCN(CCCn2c(-c3ccc(Br)cc3)cn3c4ccccc4nc23)CC1.Cl.Cl. The Labute approximate surface area is 204 Å². The standard InChI is InChI=1S/C23H26BrN5.2ClH/c1-26-13-15-27(16-14-26)11-4-12-28-22(18-7-9-19(24)10-8-18)17-29-21-6-3-2-5-20(21)25-23(28)29;;/h2-3,5-10,17H,4,11-16H2,1H3;2*1H. The molecule has 1 fully saturated rings. The lowest BCUT2D eigenvalue weighted by Crippen LogP contribution is -2.44. The van der Waals surface area contributed by atoms with Gasteiger partial charge >= 0.3 is 0 Å². The molecule has 5 rings (SSSR count). The van der Waals surface area contributed by atoms with Gasteiger partial charge in [-0.1, -0.05) is 40.2 Å². The van der Waals surface area contributed by atoms with E-state index >= 15 is 0 Å². The summed E-state index contributed by atoms with van der Waals surface area (Å²) in [4.78, 5) is 9.95. The van der Waals surface area contributed by atoms with E-state index in [0.717, 1.165) is 35.3 Å². The molecule has 2 aromatic carbocycles. The van der Waals surface area contributed by atoms with Gasteiger partial charge in [-0.15, -0.1) is 24.8 Å². The molecule has 2 aromatic heterocycles. The van der Waals surface area contributed by atoms with Gasteiger partial charge in [0.25, 0.3) is 0 Å². The molecule has 5 nitrogen and oxygen atoms in total. The van der Waals surface area contributed by atoms with Crippen LogP contribution in [0.15, 0.2) is 59.2 Å². The average Bonchev–Trinajstić information content (AvgIpc) is 3.27. The van der Waals surface area contributed by atoms with Crippen LogP contribution in [0.5, 0.6) is 0 Å². The zero-order valence-corrected chi connectivity index (χ0v) is 20.8. The fraction of sp³-hybridized carbons (Fsp3) is 0.348. The Kier molecular flexibility index (Phi) is 8.05. The molecule has 1 saturated heterocycles. The zero-order chi connectivity index (χ0) is 19.8. The maximum absolute atomic E-state index is 4.95. The Balaban J connectivity index is 0.00000136. The summed E-state index contributed by atoms with van der Waals surface area (Å²) in [5.74, 6) is 1.03. The number of piperazine rings is 1. The number of fused-ring (bicyclic) bond motifs is 3. The van der Waals surface area contributed by atoms with Crippen LogP contribution in [0.3, 0.4) is 0 Å². The van der Waals surface area contributed by atoms with Crippen LogP contribution in [0.1, 0.15) is 6.42 Å². The normalized spacial score (nSPS) is 15.2. The van der Waals surface area contributed by atoms with Crippen LogP contribution in [0.4, 0.5) is 0 Å². The largest absolute Gasteiger partial charge is 0.310 e. The van der Waals surface area contributed by atoms with Gasteiger partial charge < -0.3 is 14.4 Å². The maximum atomic E-state index is 4.95. The van der Waals surface area contributed by atoms with Gasteiger partial charge in [-0.05, 0) is 49.8 Å². The number of imidazole rings is 2. The summed E-state index contributed by atoms with van der Waals surface area (Å²) in [5.41, 5.74) is 4.67. The van der Waals surface area contributed by atoms with Crippen LogP contribution < -0.4 is 0 Å². The Morgan fingerprint density at radius 3 is 2.35 bits per heavy atom. The fourth-order valence-electron chi connectivity index (χ4n) is 4.24. The molecule has 0 bridgehead atoms. The molecule has 0 atom stereocenters.